The lowest BCUT2D eigenvalue weighted by Gasteiger charge is -2.43. The fourth-order valence-corrected chi connectivity index (χ4v) is 18.3. The van der Waals surface area contributed by atoms with E-state index in [0.717, 1.165) is 33.2 Å². The van der Waals surface area contributed by atoms with Crippen molar-refractivity contribution in [1.82, 2.24) is 0 Å². The van der Waals surface area contributed by atoms with Gasteiger partial charge >= 0.3 is 0 Å². The number of hydrogen-bond donors (Lipinski definition) is 0. The first-order valence-corrected chi connectivity index (χ1v) is 16.4. The monoisotopic (exact) mass is 458 g/mol. The molecule has 0 bridgehead atoms. The minimum Gasteiger partial charge on any atom is -0.0924 e. The third-order valence-corrected chi connectivity index (χ3v) is 22.1. The summed E-state index contributed by atoms with van der Waals surface area (Å²) in [4.78, 5) is 0. The van der Waals surface area contributed by atoms with Gasteiger partial charge in [0.1, 0.15) is 0 Å². The van der Waals surface area contributed by atoms with Crippen LogP contribution in [0.3, 0.4) is 0 Å². The number of allylic oxidation sites excluding steroid dienone is 3. The van der Waals surface area contributed by atoms with Gasteiger partial charge in [-0.05, 0) is 22.7 Å². The molecule has 26 heavy (non-hydrogen) atoms. The predicted octanol–water partition coefficient (Wildman–Crippen LogP) is 9.72. The van der Waals surface area contributed by atoms with E-state index in [-0.39, 0.29) is 0 Å². The van der Waals surface area contributed by atoms with E-state index in [4.69, 9.17) is 0 Å². The maximum Gasteiger partial charge on any atom is 0.0854 e. The van der Waals surface area contributed by atoms with Crippen LogP contribution in [0.15, 0.2) is 22.3 Å². The van der Waals surface area contributed by atoms with Crippen molar-refractivity contribution in [2.45, 2.75) is 122 Å². The standard InChI is InChI=1S/C23H47BrSi2/c1-17(2)25(18(3)4,19(5)6)15-13-23(24)14-16-26(20(7)8,21(9)10)22(11)12/h13-15,17-22H,16H2,1-12H3/b15-13+,23-14-. The molecule has 0 heterocycles. The highest BCUT2D eigenvalue weighted by molar-refractivity contribution is 9.11. The Kier molecular flexibility index (Phi) is 11.0. The lowest BCUT2D eigenvalue weighted by atomic mass is 10.5. The van der Waals surface area contributed by atoms with Crippen molar-refractivity contribution in [1.29, 1.82) is 0 Å². The molecule has 0 aliphatic rings. The van der Waals surface area contributed by atoms with E-state index in [9.17, 15) is 0 Å². The molecule has 0 unspecified atom stereocenters. The minimum atomic E-state index is -1.47. The van der Waals surface area contributed by atoms with Crippen molar-refractivity contribution in [2.24, 2.45) is 0 Å². The van der Waals surface area contributed by atoms with Crippen molar-refractivity contribution < 1.29 is 0 Å². The Hall–Kier alpha value is 0.394. The van der Waals surface area contributed by atoms with Gasteiger partial charge in [0, 0.05) is 4.48 Å². The second-order valence-electron chi connectivity index (χ2n) is 10.2. The Bertz CT molecular complexity index is 427. The summed E-state index contributed by atoms with van der Waals surface area (Å²) in [6, 6.07) is 1.28. The zero-order chi connectivity index (χ0) is 20.9. The molecule has 0 radical (unpaired) electrons. The Morgan fingerprint density at radius 3 is 1.27 bits per heavy atom. The van der Waals surface area contributed by atoms with Crippen LogP contribution in [0.25, 0.3) is 0 Å². The van der Waals surface area contributed by atoms with E-state index in [1.165, 1.54) is 10.5 Å². The van der Waals surface area contributed by atoms with Gasteiger partial charge in [0.05, 0.1) is 16.1 Å². The molecule has 154 valence electrons. The molecule has 0 aliphatic carbocycles. The second-order valence-corrected chi connectivity index (χ2v) is 23.0. The highest BCUT2D eigenvalue weighted by atomic mass is 79.9. The summed E-state index contributed by atoms with van der Waals surface area (Å²) in [5, 5.41) is 0. The summed E-state index contributed by atoms with van der Waals surface area (Å²) in [5.74, 6) is 0. The van der Waals surface area contributed by atoms with Gasteiger partial charge in [-0.25, -0.2) is 0 Å². The van der Waals surface area contributed by atoms with Crippen molar-refractivity contribution in [3.63, 3.8) is 0 Å². The summed E-state index contributed by atoms with van der Waals surface area (Å²) in [6.45, 7) is 29.3. The van der Waals surface area contributed by atoms with E-state index >= 15 is 0 Å². The minimum absolute atomic E-state index is 0.773. The average Bonchev–Trinajstić information content (AvgIpc) is 2.45. The molecule has 0 aromatic carbocycles. The van der Waals surface area contributed by atoms with Crippen LogP contribution in [0.1, 0.15) is 83.1 Å². The third kappa shape index (κ3) is 5.70. The largest absolute Gasteiger partial charge is 0.0924 e. The quantitative estimate of drug-likeness (QED) is 0.225. The molecule has 0 saturated carbocycles. The number of halogens is 1. The third-order valence-electron chi connectivity index (χ3n) is 7.41. The predicted molar refractivity (Wildman–Crippen MR) is 133 cm³/mol. The van der Waals surface area contributed by atoms with Gasteiger partial charge in [-0.2, -0.15) is 0 Å². The van der Waals surface area contributed by atoms with Crippen molar-refractivity contribution in [3.8, 4) is 0 Å². The molecule has 0 saturated heterocycles. The molecule has 0 fully saturated rings. The zero-order valence-corrected chi connectivity index (χ0v) is 23.4. The highest BCUT2D eigenvalue weighted by Gasteiger charge is 2.42. The van der Waals surface area contributed by atoms with Crippen LogP contribution >= 0.6 is 15.9 Å². The highest BCUT2D eigenvalue weighted by Crippen LogP contribution is 2.45. The molecule has 0 nitrogen and oxygen atoms in total. The lowest BCUT2D eigenvalue weighted by molar-refractivity contribution is 0.811. The molecular weight excluding hydrogens is 412 g/mol. The maximum atomic E-state index is 3.90. The summed E-state index contributed by atoms with van der Waals surface area (Å²) < 4.78 is 1.30. The van der Waals surface area contributed by atoms with Gasteiger partial charge in [0.2, 0.25) is 0 Å². The lowest BCUT2D eigenvalue weighted by Crippen LogP contribution is -2.43. The van der Waals surface area contributed by atoms with E-state index in [0.29, 0.717) is 0 Å². The summed E-state index contributed by atoms with van der Waals surface area (Å²) in [7, 11) is -2.83. The molecule has 0 aromatic rings. The van der Waals surface area contributed by atoms with Crippen LogP contribution in [-0.2, 0) is 0 Å². The molecule has 0 aliphatic heterocycles. The first kappa shape index (κ1) is 26.4. The average molecular weight is 460 g/mol. The summed E-state index contributed by atoms with van der Waals surface area (Å²) >= 11 is 3.90. The molecule has 0 N–H and O–H groups in total. The van der Waals surface area contributed by atoms with Gasteiger partial charge in [-0.3, -0.25) is 0 Å². The van der Waals surface area contributed by atoms with Crippen LogP contribution in [0.4, 0.5) is 0 Å². The van der Waals surface area contributed by atoms with Gasteiger partial charge in [-0.15, -0.1) is 0 Å². The molecule has 0 amide bonds. The van der Waals surface area contributed by atoms with Gasteiger partial charge in [0.25, 0.3) is 0 Å². The Balaban J connectivity index is 5.72. The fraction of sp³-hybridized carbons (Fsp3) is 0.826. The maximum absolute atomic E-state index is 3.90. The van der Waals surface area contributed by atoms with Crippen molar-refractivity contribution in [3.05, 3.63) is 22.3 Å². The van der Waals surface area contributed by atoms with Gasteiger partial charge in [-0.1, -0.05) is 133 Å². The summed E-state index contributed by atoms with van der Waals surface area (Å²) in [5.41, 5.74) is 7.41. The van der Waals surface area contributed by atoms with Crippen LogP contribution < -0.4 is 0 Å². The number of hydrogen-bond acceptors (Lipinski definition) is 0. The molecular formula is C23H47BrSi2. The SMILES string of the molecule is CC(C)[Si](/C=C/C(Br)=C/C[Si](C(C)C)(C(C)C)C(C)C)(C(C)C)C(C)C. The normalized spacial score (nSPS) is 15.1. The van der Waals surface area contributed by atoms with E-state index in [1.807, 2.05) is 0 Å². The van der Waals surface area contributed by atoms with Crippen molar-refractivity contribution >= 4 is 32.1 Å². The van der Waals surface area contributed by atoms with Crippen LogP contribution in [0.2, 0.25) is 39.3 Å². The first-order valence-electron chi connectivity index (χ1n) is 10.8. The van der Waals surface area contributed by atoms with E-state index < -0.39 is 16.1 Å². The Morgan fingerprint density at radius 1 is 0.654 bits per heavy atom. The molecule has 0 atom stereocenters. The van der Waals surface area contributed by atoms with E-state index in [1.54, 1.807) is 0 Å². The van der Waals surface area contributed by atoms with Crippen LogP contribution in [0.5, 0.6) is 0 Å². The fourth-order valence-electron chi connectivity index (χ4n) is 5.85. The van der Waals surface area contributed by atoms with Gasteiger partial charge < -0.3 is 0 Å². The van der Waals surface area contributed by atoms with E-state index in [2.05, 4.69) is 117 Å². The molecule has 0 rings (SSSR count). The smallest absolute Gasteiger partial charge is 0.0854 e. The first-order chi connectivity index (χ1) is 11.8. The second kappa shape index (κ2) is 10.8. The summed E-state index contributed by atoms with van der Waals surface area (Å²) in [6.07, 6.45) is 4.91. The zero-order valence-electron chi connectivity index (χ0n) is 19.8. The molecule has 0 aromatic heterocycles. The number of rotatable bonds is 10. The van der Waals surface area contributed by atoms with Crippen molar-refractivity contribution in [2.75, 3.05) is 0 Å². The molecule has 0 spiro atoms. The Labute approximate surface area is 176 Å². The van der Waals surface area contributed by atoms with Crippen LogP contribution in [-0.4, -0.2) is 16.1 Å². The van der Waals surface area contributed by atoms with Gasteiger partial charge in [0.15, 0.2) is 0 Å². The topological polar surface area (TPSA) is 0 Å². The Morgan fingerprint density at radius 2 is 1.00 bits per heavy atom. The molecule has 3 heteroatoms. The van der Waals surface area contributed by atoms with Crippen LogP contribution in [0, 0.1) is 0 Å².